The van der Waals surface area contributed by atoms with E-state index in [0.29, 0.717) is 33.5 Å². The number of carbonyl (C=O) groups excluding carboxylic acids is 1. The number of rotatable bonds is 7. The van der Waals surface area contributed by atoms with Crippen LogP contribution in [0.5, 0.6) is 5.75 Å². The van der Waals surface area contributed by atoms with E-state index in [0.717, 1.165) is 23.2 Å². The Bertz CT molecular complexity index is 970. The number of halogens is 1. The molecule has 1 heterocycles. The number of hydrogen-bond acceptors (Lipinski definition) is 4. The molecule has 1 aromatic heterocycles. The Morgan fingerprint density at radius 2 is 1.93 bits per heavy atom. The number of nitrogens with zero attached hydrogens (tertiary/aromatic N) is 2. The zero-order chi connectivity index (χ0) is 20.3. The summed E-state index contributed by atoms with van der Waals surface area (Å²) in [6.45, 7) is 3.57. The fourth-order valence-electron chi connectivity index (χ4n) is 2.95. The summed E-state index contributed by atoms with van der Waals surface area (Å²) in [6, 6.07) is 11.2. The van der Waals surface area contributed by atoms with Crippen LogP contribution >= 0.6 is 22.9 Å². The van der Waals surface area contributed by atoms with Gasteiger partial charge in [0.25, 0.3) is 5.91 Å². The highest BCUT2D eigenvalue weighted by Crippen LogP contribution is 2.39. The van der Waals surface area contributed by atoms with Crippen LogP contribution in [0.2, 0.25) is 5.02 Å². The summed E-state index contributed by atoms with van der Waals surface area (Å²) < 4.78 is 6.25. The van der Waals surface area contributed by atoms with Crippen LogP contribution in [0.3, 0.4) is 0 Å². The summed E-state index contributed by atoms with van der Waals surface area (Å²) in [5.41, 5.74) is 2.46. The number of amides is 1. The third kappa shape index (κ3) is 4.46. The molecular weight excluding hydrogens is 394 g/mol. The highest BCUT2D eigenvalue weighted by Gasteiger charge is 2.23. The Morgan fingerprint density at radius 3 is 2.57 bits per heavy atom. The number of methoxy groups -OCH3 is 1. The van der Waals surface area contributed by atoms with Crippen molar-refractivity contribution in [3.8, 4) is 5.75 Å². The molecule has 0 fully saturated rings. The second-order valence-electron chi connectivity index (χ2n) is 7.06. The van der Waals surface area contributed by atoms with Crippen molar-refractivity contribution in [2.24, 2.45) is 0 Å². The summed E-state index contributed by atoms with van der Waals surface area (Å²) in [7, 11) is 5.82. The number of ether oxygens (including phenoxy) is 1. The largest absolute Gasteiger partial charge is 0.494 e. The number of nitrogens with one attached hydrogen (secondary N) is 1. The van der Waals surface area contributed by atoms with E-state index in [2.05, 4.69) is 14.1 Å². The van der Waals surface area contributed by atoms with Gasteiger partial charge in [-0.2, -0.15) is 0 Å². The summed E-state index contributed by atoms with van der Waals surface area (Å²) in [4.78, 5) is 21.1. The number of anilines is 1. The van der Waals surface area contributed by atoms with Gasteiger partial charge in [0, 0.05) is 18.5 Å². The molecule has 148 valence electrons. The van der Waals surface area contributed by atoms with Crippen molar-refractivity contribution < 1.29 is 14.4 Å². The van der Waals surface area contributed by atoms with E-state index in [4.69, 9.17) is 21.3 Å². The zero-order valence-corrected chi connectivity index (χ0v) is 18.2. The first-order chi connectivity index (χ1) is 13.4. The van der Waals surface area contributed by atoms with Crippen LogP contribution in [0.1, 0.15) is 22.3 Å². The molecule has 0 aliphatic heterocycles. The molecule has 0 aliphatic carbocycles. The molecule has 0 bridgehead atoms. The number of hydrogen-bond donors (Lipinski definition) is 1. The number of fused-ring (bicyclic) bond motifs is 1. The van der Waals surface area contributed by atoms with Crippen molar-refractivity contribution in [1.29, 1.82) is 0 Å². The van der Waals surface area contributed by atoms with Crippen molar-refractivity contribution in [1.82, 2.24) is 4.98 Å². The van der Waals surface area contributed by atoms with Crippen LogP contribution in [0.4, 0.5) is 5.13 Å². The van der Waals surface area contributed by atoms with Gasteiger partial charge in [-0.25, -0.2) is 4.98 Å². The molecule has 1 N–H and O–H groups in total. The number of aromatic nitrogens is 1. The van der Waals surface area contributed by atoms with Gasteiger partial charge in [0.2, 0.25) is 0 Å². The van der Waals surface area contributed by atoms with Crippen molar-refractivity contribution in [3.05, 3.63) is 52.5 Å². The first kappa shape index (κ1) is 20.6. The van der Waals surface area contributed by atoms with E-state index in [1.165, 1.54) is 16.2 Å². The van der Waals surface area contributed by atoms with Crippen LogP contribution in [0, 0.1) is 6.92 Å². The predicted octanol–water partition coefficient (Wildman–Crippen LogP) is 3.45. The number of benzene rings is 2. The highest BCUT2D eigenvalue weighted by atomic mass is 35.5. The average Bonchev–Trinajstić information content (AvgIpc) is 3.11. The highest BCUT2D eigenvalue weighted by molar-refractivity contribution is 7.23. The quantitative estimate of drug-likeness (QED) is 0.639. The van der Waals surface area contributed by atoms with E-state index in [9.17, 15) is 4.79 Å². The van der Waals surface area contributed by atoms with Crippen molar-refractivity contribution in [3.63, 3.8) is 0 Å². The van der Waals surface area contributed by atoms with Gasteiger partial charge in [-0.3, -0.25) is 9.69 Å². The minimum absolute atomic E-state index is 0.0529. The first-order valence-electron chi connectivity index (χ1n) is 9.21. The van der Waals surface area contributed by atoms with E-state index in [1.54, 1.807) is 24.1 Å². The fourth-order valence-corrected chi connectivity index (χ4v) is 4.23. The van der Waals surface area contributed by atoms with Crippen LogP contribution < -0.4 is 14.5 Å². The standard InChI is InChI=1S/C21H24ClN3O2S/c1-14-6-8-15(9-7-14)20(26)25(13-5-12-24(2)3)21-23-18-17(27-4)11-10-16(22)19(18)28-21/h6-11H,5,12-13H2,1-4H3/p+1. The molecule has 0 saturated carbocycles. The second kappa shape index (κ2) is 8.90. The number of aryl methyl sites for hydroxylation is 1. The van der Waals surface area contributed by atoms with Gasteiger partial charge in [0.1, 0.15) is 11.3 Å². The van der Waals surface area contributed by atoms with Crippen molar-refractivity contribution >= 4 is 44.2 Å². The topological polar surface area (TPSA) is 46.9 Å². The molecule has 0 unspecified atom stereocenters. The van der Waals surface area contributed by atoms with E-state index in [1.807, 2.05) is 31.2 Å². The maximum Gasteiger partial charge on any atom is 0.260 e. The molecule has 0 radical (unpaired) electrons. The molecule has 3 rings (SSSR count). The SMILES string of the molecule is COc1ccc(Cl)c2sc(N(CCC[NH+](C)C)C(=O)c3ccc(C)cc3)nc12. The smallest absolute Gasteiger partial charge is 0.260 e. The Hall–Kier alpha value is -2.15. The first-order valence-corrected chi connectivity index (χ1v) is 10.4. The summed E-state index contributed by atoms with van der Waals surface area (Å²) in [6.07, 6.45) is 0.876. The average molecular weight is 419 g/mol. The molecule has 0 spiro atoms. The molecule has 0 atom stereocenters. The molecular formula is C21H25ClN3O2S+. The number of quaternary nitrogens is 1. The number of thiazole rings is 1. The predicted molar refractivity (Wildman–Crippen MR) is 116 cm³/mol. The Balaban J connectivity index is 2.00. The minimum Gasteiger partial charge on any atom is -0.494 e. The summed E-state index contributed by atoms with van der Waals surface area (Å²) >= 11 is 7.79. The Labute approximate surface area is 174 Å². The van der Waals surface area contributed by atoms with Gasteiger partial charge < -0.3 is 9.64 Å². The van der Waals surface area contributed by atoms with Crippen LogP contribution in [-0.4, -0.2) is 45.2 Å². The molecule has 1 amide bonds. The Morgan fingerprint density at radius 1 is 1.21 bits per heavy atom. The maximum atomic E-state index is 13.3. The lowest BCUT2D eigenvalue weighted by Gasteiger charge is -2.20. The van der Waals surface area contributed by atoms with Gasteiger partial charge >= 0.3 is 0 Å². The monoisotopic (exact) mass is 418 g/mol. The van der Waals surface area contributed by atoms with Crippen LogP contribution in [0.15, 0.2) is 36.4 Å². The Kier molecular flexibility index (Phi) is 6.54. The molecule has 5 nitrogen and oxygen atoms in total. The van der Waals surface area contributed by atoms with Crippen molar-refractivity contribution in [2.75, 3.05) is 39.2 Å². The van der Waals surface area contributed by atoms with Crippen LogP contribution in [-0.2, 0) is 0 Å². The van der Waals surface area contributed by atoms with E-state index >= 15 is 0 Å². The molecule has 3 aromatic rings. The second-order valence-corrected chi connectivity index (χ2v) is 8.44. The maximum absolute atomic E-state index is 13.3. The lowest BCUT2D eigenvalue weighted by molar-refractivity contribution is -0.858. The lowest BCUT2D eigenvalue weighted by Crippen LogP contribution is -3.05. The molecule has 0 aliphatic rings. The fraction of sp³-hybridized carbons (Fsp3) is 0.333. The third-order valence-electron chi connectivity index (χ3n) is 4.50. The van der Waals surface area contributed by atoms with E-state index < -0.39 is 0 Å². The van der Waals surface area contributed by atoms with Crippen LogP contribution in [0.25, 0.3) is 10.2 Å². The minimum atomic E-state index is -0.0529. The van der Waals surface area contributed by atoms with Gasteiger partial charge in [-0.15, -0.1) is 0 Å². The van der Waals surface area contributed by atoms with Gasteiger partial charge in [-0.05, 0) is 31.2 Å². The number of carbonyl (C=O) groups is 1. The molecule has 2 aromatic carbocycles. The zero-order valence-electron chi connectivity index (χ0n) is 16.6. The molecule has 7 heteroatoms. The summed E-state index contributed by atoms with van der Waals surface area (Å²) in [5, 5.41) is 1.25. The van der Waals surface area contributed by atoms with Gasteiger partial charge in [0.15, 0.2) is 5.13 Å². The van der Waals surface area contributed by atoms with Gasteiger partial charge in [0.05, 0.1) is 37.5 Å². The van der Waals surface area contributed by atoms with Gasteiger partial charge in [-0.1, -0.05) is 40.6 Å². The summed E-state index contributed by atoms with van der Waals surface area (Å²) in [5.74, 6) is 0.602. The lowest BCUT2D eigenvalue weighted by atomic mass is 10.1. The van der Waals surface area contributed by atoms with Crippen molar-refractivity contribution in [2.45, 2.75) is 13.3 Å². The third-order valence-corrected chi connectivity index (χ3v) is 6.04. The van der Waals surface area contributed by atoms with E-state index in [-0.39, 0.29) is 5.91 Å². The molecule has 0 saturated heterocycles. The molecule has 28 heavy (non-hydrogen) atoms. The normalized spacial score (nSPS) is 11.2.